The molecule has 0 aliphatic heterocycles. The van der Waals surface area contributed by atoms with Crippen molar-refractivity contribution in [3.63, 3.8) is 0 Å². The van der Waals surface area contributed by atoms with Gasteiger partial charge in [0.2, 0.25) is 0 Å². The van der Waals surface area contributed by atoms with E-state index in [-0.39, 0.29) is 0 Å². The highest BCUT2D eigenvalue weighted by Crippen LogP contribution is 2.16. The lowest BCUT2D eigenvalue weighted by Gasteiger charge is -2.00. The van der Waals surface area contributed by atoms with E-state index < -0.39 is 0 Å². The molecular formula is C14H13NO. The van der Waals surface area contributed by atoms with Crippen molar-refractivity contribution in [1.82, 2.24) is 0 Å². The van der Waals surface area contributed by atoms with Crippen LogP contribution < -0.4 is 4.84 Å². The zero-order valence-corrected chi connectivity index (χ0v) is 9.13. The first-order valence-electron chi connectivity index (χ1n) is 5.17. The predicted molar refractivity (Wildman–Crippen MR) is 65.8 cm³/mol. The lowest BCUT2D eigenvalue weighted by Crippen LogP contribution is -1.88. The van der Waals surface area contributed by atoms with Crippen LogP contribution in [0.15, 0.2) is 59.8 Å². The minimum absolute atomic E-state index is 0.787. The molecule has 0 saturated carbocycles. The number of oxime groups is 1. The van der Waals surface area contributed by atoms with E-state index in [1.807, 2.05) is 61.5 Å². The van der Waals surface area contributed by atoms with Gasteiger partial charge in [-0.15, -0.1) is 0 Å². The number of nitrogens with zero attached hydrogens (tertiary/aromatic N) is 1. The third-order valence-corrected chi connectivity index (χ3v) is 2.25. The third kappa shape index (κ3) is 2.70. The lowest BCUT2D eigenvalue weighted by molar-refractivity contribution is 0.341. The van der Waals surface area contributed by atoms with Gasteiger partial charge in [0.15, 0.2) is 5.75 Å². The van der Waals surface area contributed by atoms with Gasteiger partial charge in [-0.1, -0.05) is 53.7 Å². The largest absolute Gasteiger partial charge is 0.357 e. The van der Waals surface area contributed by atoms with Gasteiger partial charge in [0.05, 0.1) is 6.21 Å². The first-order valence-corrected chi connectivity index (χ1v) is 5.17. The molecule has 2 aromatic carbocycles. The first kappa shape index (κ1) is 10.4. The van der Waals surface area contributed by atoms with Gasteiger partial charge in [0.1, 0.15) is 0 Å². The molecule has 80 valence electrons. The quantitative estimate of drug-likeness (QED) is 0.563. The summed E-state index contributed by atoms with van der Waals surface area (Å²) in [5, 5.41) is 3.95. The standard InChI is InChI=1S/C14H13NO/c1-12-7-5-6-10-14(12)16-15-11-13-8-3-2-4-9-13/h2-11H,1H3. The summed E-state index contributed by atoms with van der Waals surface area (Å²) in [7, 11) is 0. The Hall–Kier alpha value is -2.09. The molecule has 0 atom stereocenters. The molecule has 2 aromatic rings. The molecule has 0 N–H and O–H groups in total. The third-order valence-electron chi connectivity index (χ3n) is 2.25. The SMILES string of the molecule is Cc1ccccc1ON=Cc1ccccc1. The molecule has 2 heteroatoms. The van der Waals surface area contributed by atoms with Crippen LogP contribution in [0.1, 0.15) is 11.1 Å². The maximum atomic E-state index is 5.31. The number of hydrogen-bond donors (Lipinski definition) is 0. The highest BCUT2D eigenvalue weighted by Gasteiger charge is 1.95. The molecule has 0 saturated heterocycles. The van der Waals surface area contributed by atoms with E-state index in [4.69, 9.17) is 4.84 Å². The molecule has 0 unspecified atom stereocenters. The van der Waals surface area contributed by atoms with Crippen molar-refractivity contribution in [2.75, 3.05) is 0 Å². The second-order valence-electron chi connectivity index (χ2n) is 3.50. The van der Waals surface area contributed by atoms with Crippen molar-refractivity contribution < 1.29 is 4.84 Å². The van der Waals surface area contributed by atoms with E-state index in [0.717, 1.165) is 16.9 Å². The van der Waals surface area contributed by atoms with Crippen molar-refractivity contribution in [3.05, 3.63) is 65.7 Å². The van der Waals surface area contributed by atoms with Crippen molar-refractivity contribution in [2.24, 2.45) is 5.16 Å². The number of para-hydroxylation sites is 1. The molecule has 0 spiro atoms. The fourth-order valence-electron chi connectivity index (χ4n) is 1.34. The minimum atomic E-state index is 0.787. The van der Waals surface area contributed by atoms with Crippen molar-refractivity contribution >= 4 is 6.21 Å². The van der Waals surface area contributed by atoms with Gasteiger partial charge in [-0.2, -0.15) is 0 Å². The Morgan fingerprint density at radius 1 is 0.938 bits per heavy atom. The monoisotopic (exact) mass is 211 g/mol. The maximum absolute atomic E-state index is 5.31. The summed E-state index contributed by atoms with van der Waals surface area (Å²) < 4.78 is 0. The Labute approximate surface area is 95.2 Å². The Bertz CT molecular complexity index is 477. The van der Waals surface area contributed by atoms with Crippen LogP contribution in [0, 0.1) is 6.92 Å². The predicted octanol–water partition coefficient (Wildman–Crippen LogP) is 3.41. The van der Waals surface area contributed by atoms with E-state index in [2.05, 4.69) is 5.16 Å². The number of hydrogen-bond acceptors (Lipinski definition) is 2. The second kappa shape index (κ2) is 5.12. The van der Waals surface area contributed by atoms with Crippen LogP contribution in [0.5, 0.6) is 5.75 Å². The van der Waals surface area contributed by atoms with Gasteiger partial charge in [0, 0.05) is 0 Å². The van der Waals surface area contributed by atoms with Crippen LogP contribution in [0.2, 0.25) is 0 Å². The summed E-state index contributed by atoms with van der Waals surface area (Å²) in [5.74, 6) is 0.787. The van der Waals surface area contributed by atoms with E-state index in [1.54, 1.807) is 6.21 Å². The van der Waals surface area contributed by atoms with Crippen LogP contribution in [-0.2, 0) is 0 Å². The molecule has 0 aromatic heterocycles. The van der Waals surface area contributed by atoms with Gasteiger partial charge < -0.3 is 4.84 Å². The van der Waals surface area contributed by atoms with E-state index in [1.165, 1.54) is 0 Å². The zero-order valence-electron chi connectivity index (χ0n) is 9.13. The highest BCUT2D eigenvalue weighted by molar-refractivity contribution is 5.78. The van der Waals surface area contributed by atoms with Crippen LogP contribution in [0.3, 0.4) is 0 Å². The van der Waals surface area contributed by atoms with Crippen molar-refractivity contribution in [2.45, 2.75) is 6.92 Å². The fourth-order valence-corrected chi connectivity index (χ4v) is 1.34. The van der Waals surface area contributed by atoms with Gasteiger partial charge in [0.25, 0.3) is 0 Å². The van der Waals surface area contributed by atoms with Gasteiger partial charge in [-0.3, -0.25) is 0 Å². The molecule has 2 nitrogen and oxygen atoms in total. The summed E-state index contributed by atoms with van der Waals surface area (Å²) in [6.07, 6.45) is 1.70. The molecular weight excluding hydrogens is 198 g/mol. The Morgan fingerprint density at radius 2 is 1.62 bits per heavy atom. The summed E-state index contributed by atoms with van der Waals surface area (Å²) in [6.45, 7) is 1.99. The van der Waals surface area contributed by atoms with Gasteiger partial charge in [-0.05, 0) is 24.1 Å². The summed E-state index contributed by atoms with van der Waals surface area (Å²) in [5.41, 5.74) is 2.10. The Balaban J connectivity index is 2.03. The normalized spacial score (nSPS) is 10.6. The van der Waals surface area contributed by atoms with Gasteiger partial charge in [-0.25, -0.2) is 0 Å². The molecule has 0 aliphatic carbocycles. The minimum Gasteiger partial charge on any atom is -0.357 e. The van der Waals surface area contributed by atoms with E-state index in [9.17, 15) is 0 Å². The van der Waals surface area contributed by atoms with Crippen molar-refractivity contribution in [1.29, 1.82) is 0 Å². The van der Waals surface area contributed by atoms with E-state index >= 15 is 0 Å². The van der Waals surface area contributed by atoms with Crippen LogP contribution in [0.25, 0.3) is 0 Å². The van der Waals surface area contributed by atoms with Crippen molar-refractivity contribution in [3.8, 4) is 5.75 Å². The van der Waals surface area contributed by atoms with E-state index in [0.29, 0.717) is 0 Å². The Morgan fingerprint density at radius 3 is 2.38 bits per heavy atom. The molecule has 16 heavy (non-hydrogen) atoms. The van der Waals surface area contributed by atoms with Crippen LogP contribution >= 0.6 is 0 Å². The van der Waals surface area contributed by atoms with Gasteiger partial charge >= 0.3 is 0 Å². The molecule has 0 fully saturated rings. The number of aryl methyl sites for hydroxylation is 1. The molecule has 0 amide bonds. The average molecular weight is 211 g/mol. The zero-order chi connectivity index (χ0) is 11.2. The molecule has 0 aliphatic rings. The average Bonchev–Trinajstić information content (AvgIpc) is 2.33. The summed E-state index contributed by atoms with van der Waals surface area (Å²) in [6, 6.07) is 17.7. The maximum Gasteiger partial charge on any atom is 0.160 e. The highest BCUT2D eigenvalue weighted by atomic mass is 16.6. The van der Waals surface area contributed by atoms with Crippen LogP contribution in [-0.4, -0.2) is 6.21 Å². The van der Waals surface area contributed by atoms with Crippen LogP contribution in [0.4, 0.5) is 0 Å². The molecule has 2 rings (SSSR count). The molecule has 0 heterocycles. The second-order valence-corrected chi connectivity index (χ2v) is 3.50. The fraction of sp³-hybridized carbons (Fsp3) is 0.0714. The smallest absolute Gasteiger partial charge is 0.160 e. The lowest BCUT2D eigenvalue weighted by atomic mass is 10.2. The Kier molecular flexibility index (Phi) is 3.34. The number of rotatable bonds is 3. The molecule has 0 bridgehead atoms. The first-order chi connectivity index (χ1) is 7.86. The molecule has 0 radical (unpaired) electrons. The topological polar surface area (TPSA) is 21.6 Å². The summed E-state index contributed by atoms with van der Waals surface area (Å²) >= 11 is 0. The number of benzene rings is 2. The summed E-state index contributed by atoms with van der Waals surface area (Å²) in [4.78, 5) is 5.31.